The summed E-state index contributed by atoms with van der Waals surface area (Å²) in [5, 5.41) is 1.84. The summed E-state index contributed by atoms with van der Waals surface area (Å²) in [5.41, 5.74) is 3.87. The van der Waals surface area contributed by atoms with Crippen molar-refractivity contribution >= 4 is 45.2 Å². The van der Waals surface area contributed by atoms with E-state index < -0.39 is 0 Å². The predicted molar refractivity (Wildman–Crippen MR) is 113 cm³/mol. The molecule has 0 saturated carbocycles. The molecular weight excluding hydrogens is 372 g/mol. The van der Waals surface area contributed by atoms with E-state index in [-0.39, 0.29) is 0 Å². The van der Waals surface area contributed by atoms with E-state index >= 15 is 0 Å². The molecule has 2 aromatic carbocycles. The number of furan rings is 1. The maximum Gasteiger partial charge on any atom is 0.196 e. The van der Waals surface area contributed by atoms with Gasteiger partial charge in [0.25, 0.3) is 0 Å². The van der Waals surface area contributed by atoms with E-state index in [0.717, 1.165) is 71.3 Å². The Morgan fingerprint density at radius 1 is 1.04 bits per heavy atom. The Labute approximate surface area is 168 Å². The average molecular weight is 394 g/mol. The minimum absolute atomic E-state index is 0.780. The number of fused-ring (bicyclic) bond motifs is 3. The largest absolute Gasteiger partial charge is 0.450 e. The van der Waals surface area contributed by atoms with Crippen LogP contribution in [-0.4, -0.2) is 36.1 Å². The van der Waals surface area contributed by atoms with Gasteiger partial charge in [-0.25, -0.2) is 9.97 Å². The summed E-state index contributed by atoms with van der Waals surface area (Å²) in [6.45, 7) is 5.95. The Hall–Kier alpha value is -2.63. The number of benzene rings is 2. The average Bonchev–Trinajstić information content (AvgIpc) is 3.12. The fourth-order valence-corrected chi connectivity index (χ4v) is 4.08. The van der Waals surface area contributed by atoms with Crippen molar-refractivity contribution in [1.82, 2.24) is 9.97 Å². The van der Waals surface area contributed by atoms with E-state index in [1.807, 2.05) is 30.3 Å². The van der Waals surface area contributed by atoms with Crippen LogP contribution in [0.1, 0.15) is 12.7 Å². The maximum atomic E-state index is 6.17. The molecule has 0 aliphatic carbocycles. The Morgan fingerprint density at radius 3 is 2.54 bits per heavy atom. The van der Waals surface area contributed by atoms with Gasteiger partial charge in [-0.1, -0.05) is 30.7 Å². The molecule has 0 bridgehead atoms. The molecule has 1 aliphatic heterocycles. The molecule has 0 radical (unpaired) electrons. The number of aromatic nitrogens is 2. The Kier molecular flexibility index (Phi) is 4.41. The van der Waals surface area contributed by atoms with Gasteiger partial charge in [-0.15, -0.1) is 0 Å². The standard InChI is InChI=1S/C22H21ClN4O/c1-2-19-24-20-17-5-3-4-6-18(17)28-21(20)22(25-19)27-13-11-26(12-14-27)16-9-7-15(23)8-10-16/h3-10H,2,11-14H2,1H3/p+1. The molecule has 0 spiro atoms. The highest BCUT2D eigenvalue weighted by atomic mass is 35.5. The smallest absolute Gasteiger partial charge is 0.196 e. The number of hydrogen-bond donors (Lipinski definition) is 1. The van der Waals surface area contributed by atoms with Gasteiger partial charge in [0, 0.05) is 29.0 Å². The lowest BCUT2D eigenvalue weighted by atomic mass is 10.2. The van der Waals surface area contributed by atoms with Crippen LogP contribution < -0.4 is 9.80 Å². The summed E-state index contributed by atoms with van der Waals surface area (Å²) < 4.78 is 6.17. The van der Waals surface area contributed by atoms with Crippen LogP contribution in [0.2, 0.25) is 5.02 Å². The monoisotopic (exact) mass is 393 g/mol. The van der Waals surface area contributed by atoms with E-state index in [1.54, 1.807) is 0 Å². The fraction of sp³-hybridized carbons (Fsp3) is 0.273. The minimum atomic E-state index is 0.780. The molecule has 142 valence electrons. The molecule has 5 nitrogen and oxygen atoms in total. The zero-order chi connectivity index (χ0) is 19.1. The van der Waals surface area contributed by atoms with Crippen LogP contribution in [0.5, 0.6) is 0 Å². The predicted octanol–water partition coefficient (Wildman–Crippen LogP) is 3.63. The number of nitrogens with one attached hydrogen (secondary N) is 1. The number of anilines is 1. The number of nitrogens with zero attached hydrogens (tertiary/aromatic N) is 3. The van der Waals surface area contributed by atoms with E-state index in [4.69, 9.17) is 26.0 Å². The highest BCUT2D eigenvalue weighted by Gasteiger charge is 2.26. The van der Waals surface area contributed by atoms with Crippen molar-refractivity contribution in [3.05, 3.63) is 59.4 Å². The third-order valence-corrected chi connectivity index (χ3v) is 5.74. The molecule has 3 heterocycles. The van der Waals surface area contributed by atoms with Crippen LogP contribution in [0.3, 0.4) is 0 Å². The van der Waals surface area contributed by atoms with Gasteiger partial charge in [-0.2, -0.15) is 0 Å². The quantitative estimate of drug-likeness (QED) is 0.577. The SMILES string of the molecule is CCc1nc(N2CC[NH+](c3ccc(Cl)cc3)CC2)c2oc3ccccc3c2n1. The lowest BCUT2D eigenvalue weighted by Crippen LogP contribution is -3.10. The van der Waals surface area contributed by atoms with Crippen LogP contribution in [-0.2, 0) is 6.42 Å². The van der Waals surface area contributed by atoms with Gasteiger partial charge in [-0.05, 0) is 24.3 Å². The number of rotatable bonds is 3. The summed E-state index contributed by atoms with van der Waals surface area (Å²) in [6.07, 6.45) is 0.804. The van der Waals surface area contributed by atoms with Gasteiger partial charge in [0.2, 0.25) is 0 Å². The number of aryl methyl sites for hydroxylation is 1. The zero-order valence-electron chi connectivity index (χ0n) is 15.8. The van der Waals surface area contributed by atoms with Crippen molar-refractivity contribution in [3.63, 3.8) is 0 Å². The van der Waals surface area contributed by atoms with Gasteiger partial charge >= 0.3 is 0 Å². The fourth-order valence-electron chi connectivity index (χ4n) is 3.96. The first kappa shape index (κ1) is 17.5. The van der Waals surface area contributed by atoms with Crippen LogP contribution >= 0.6 is 11.6 Å². The molecule has 4 aromatic rings. The molecule has 1 aliphatic rings. The summed E-state index contributed by atoms with van der Waals surface area (Å²) in [7, 11) is 0. The molecular formula is C22H22ClN4O+. The normalized spacial score (nSPS) is 15.6. The second kappa shape index (κ2) is 7.08. The summed E-state index contributed by atoms with van der Waals surface area (Å²) >= 11 is 6.03. The number of hydrogen-bond acceptors (Lipinski definition) is 4. The molecule has 0 unspecified atom stereocenters. The van der Waals surface area contributed by atoms with Crippen molar-refractivity contribution in [3.8, 4) is 0 Å². The molecule has 1 saturated heterocycles. The van der Waals surface area contributed by atoms with Crippen LogP contribution in [0.15, 0.2) is 52.9 Å². The molecule has 6 heteroatoms. The lowest BCUT2D eigenvalue weighted by Gasteiger charge is -2.32. The highest BCUT2D eigenvalue weighted by molar-refractivity contribution is 6.30. The van der Waals surface area contributed by atoms with Crippen LogP contribution in [0.25, 0.3) is 22.1 Å². The van der Waals surface area contributed by atoms with E-state index in [9.17, 15) is 0 Å². The Balaban J connectivity index is 1.48. The van der Waals surface area contributed by atoms with Crippen molar-refractivity contribution in [2.24, 2.45) is 0 Å². The van der Waals surface area contributed by atoms with E-state index in [0.29, 0.717) is 0 Å². The molecule has 0 amide bonds. The highest BCUT2D eigenvalue weighted by Crippen LogP contribution is 2.33. The van der Waals surface area contributed by atoms with Gasteiger partial charge in [0.05, 0.1) is 26.2 Å². The summed E-state index contributed by atoms with van der Waals surface area (Å²) in [4.78, 5) is 13.4. The zero-order valence-corrected chi connectivity index (χ0v) is 16.5. The number of para-hydroxylation sites is 1. The molecule has 1 N–H and O–H groups in total. The van der Waals surface area contributed by atoms with E-state index in [1.165, 1.54) is 10.6 Å². The van der Waals surface area contributed by atoms with Crippen LogP contribution in [0.4, 0.5) is 11.5 Å². The second-order valence-corrected chi connectivity index (χ2v) is 7.63. The molecule has 0 atom stereocenters. The van der Waals surface area contributed by atoms with Gasteiger partial charge in [0.15, 0.2) is 11.4 Å². The van der Waals surface area contributed by atoms with E-state index in [2.05, 4.69) is 30.0 Å². The van der Waals surface area contributed by atoms with Crippen molar-refractivity contribution in [2.45, 2.75) is 13.3 Å². The first-order valence-corrected chi connectivity index (χ1v) is 10.1. The van der Waals surface area contributed by atoms with Gasteiger partial charge in [-0.3, -0.25) is 4.90 Å². The molecule has 28 heavy (non-hydrogen) atoms. The topological polar surface area (TPSA) is 46.6 Å². The second-order valence-electron chi connectivity index (χ2n) is 7.19. The first-order valence-electron chi connectivity index (χ1n) is 9.76. The minimum Gasteiger partial charge on any atom is -0.450 e. The third-order valence-electron chi connectivity index (χ3n) is 5.48. The number of halogens is 1. The van der Waals surface area contributed by atoms with Crippen molar-refractivity contribution < 1.29 is 9.32 Å². The Morgan fingerprint density at radius 2 is 1.79 bits per heavy atom. The van der Waals surface area contributed by atoms with Crippen LogP contribution in [0, 0.1) is 0 Å². The first-order chi connectivity index (χ1) is 13.7. The maximum absolute atomic E-state index is 6.17. The lowest BCUT2D eigenvalue weighted by molar-refractivity contribution is -0.833. The molecule has 1 fully saturated rings. The third kappa shape index (κ3) is 3.01. The summed E-state index contributed by atoms with van der Waals surface area (Å²) in [5.74, 6) is 1.79. The van der Waals surface area contributed by atoms with Gasteiger partial charge in [0.1, 0.15) is 22.6 Å². The molecule has 5 rings (SSSR count). The summed E-state index contributed by atoms with van der Waals surface area (Å²) in [6, 6.07) is 16.2. The van der Waals surface area contributed by atoms with Gasteiger partial charge < -0.3 is 9.32 Å². The molecule has 2 aromatic heterocycles. The van der Waals surface area contributed by atoms with Crippen molar-refractivity contribution in [1.29, 1.82) is 0 Å². The Bertz CT molecular complexity index is 1130. The number of piperazine rings is 1. The van der Waals surface area contributed by atoms with Crippen molar-refractivity contribution in [2.75, 3.05) is 31.1 Å². The number of quaternary nitrogens is 1.